The average Bonchev–Trinajstić information content (AvgIpc) is 3.85. The number of hydrogen-bond acceptors (Lipinski definition) is 10. The first kappa shape index (κ1) is 57.4. The predicted molar refractivity (Wildman–Crippen MR) is 328 cm³/mol. The molecular weight excluding hydrogens is 1050 g/mol. The lowest BCUT2D eigenvalue weighted by molar-refractivity contribution is -0.141. The summed E-state index contributed by atoms with van der Waals surface area (Å²) < 4.78 is 11.4. The first-order valence-electron chi connectivity index (χ1n) is 28.7. The predicted octanol–water partition coefficient (Wildman–Crippen LogP) is 15.9. The number of methoxy groups -OCH3 is 1. The largest absolute Gasteiger partial charge is 0.493 e. The van der Waals surface area contributed by atoms with E-state index in [0.717, 1.165) is 92.7 Å². The van der Waals surface area contributed by atoms with Crippen molar-refractivity contribution in [2.75, 3.05) is 25.2 Å². The Bertz CT molecular complexity index is 2650. The van der Waals surface area contributed by atoms with Crippen molar-refractivity contribution in [3.8, 4) is 11.5 Å². The molecule has 418 valence electrons. The third kappa shape index (κ3) is 12.9. The lowest BCUT2D eigenvalue weighted by atomic mass is 9.42. The first-order chi connectivity index (χ1) is 36.2. The molecule has 2 aromatic carbocycles. The molecule has 6 unspecified atom stereocenters. The van der Waals surface area contributed by atoms with Crippen LogP contribution in [0.15, 0.2) is 72.7 Å². The maximum atomic E-state index is 12.9. The van der Waals surface area contributed by atoms with E-state index in [9.17, 15) is 14.4 Å². The fourth-order valence-electron chi connectivity index (χ4n) is 20.4. The van der Waals surface area contributed by atoms with Crippen LogP contribution in [0.1, 0.15) is 192 Å². The van der Waals surface area contributed by atoms with Gasteiger partial charge in [-0.3, -0.25) is 14.4 Å². The lowest BCUT2D eigenvalue weighted by Crippen LogP contribution is -2.65. The molecule has 0 aromatic heterocycles. The molecule has 77 heavy (non-hydrogen) atoms. The quantitative estimate of drug-likeness (QED) is 0.0495. The van der Waals surface area contributed by atoms with Gasteiger partial charge in [0.15, 0.2) is 18.1 Å². The van der Waals surface area contributed by atoms with E-state index < -0.39 is 0 Å². The highest BCUT2D eigenvalue weighted by atomic mass is 33.1. The molecule has 0 spiro atoms. The number of ether oxygens (including phenoxy) is 2. The Balaban J connectivity index is 0.000000133. The molecule has 13 heteroatoms. The van der Waals surface area contributed by atoms with E-state index in [-0.39, 0.29) is 40.9 Å². The number of carbonyl (C=O) groups excluding carboxylic acids is 3. The summed E-state index contributed by atoms with van der Waals surface area (Å²) in [6.45, 7) is 24.3. The van der Waals surface area contributed by atoms with Crippen molar-refractivity contribution in [1.29, 1.82) is 0 Å². The van der Waals surface area contributed by atoms with E-state index in [4.69, 9.17) is 21.7 Å². The second kappa shape index (κ2) is 21.5. The summed E-state index contributed by atoms with van der Waals surface area (Å²) in [6.07, 6.45) is 27.2. The van der Waals surface area contributed by atoms with Crippen LogP contribution in [-0.2, 0) is 9.59 Å². The molecule has 15 rings (SSSR count). The van der Waals surface area contributed by atoms with Gasteiger partial charge in [-0.15, -0.1) is 6.58 Å². The highest BCUT2D eigenvalue weighted by Crippen LogP contribution is 2.69. The second-order valence-corrected chi connectivity index (χ2v) is 34.4. The van der Waals surface area contributed by atoms with Gasteiger partial charge >= 0.3 is 0 Å². The van der Waals surface area contributed by atoms with E-state index in [1.165, 1.54) is 83.5 Å². The fraction of sp³-hybridized carbons (Fsp3) is 0.656. The molecule has 1 heterocycles. The minimum Gasteiger partial charge on any atom is -0.493 e. The summed E-state index contributed by atoms with van der Waals surface area (Å²) in [5.74, 6) is 5.79. The van der Waals surface area contributed by atoms with Gasteiger partial charge in [0.05, 0.1) is 7.11 Å². The van der Waals surface area contributed by atoms with Crippen molar-refractivity contribution in [2.45, 2.75) is 187 Å². The maximum Gasteiger partial charge on any atom is 0.258 e. The molecule has 0 radical (unpaired) electrons. The molecule has 3 N–H and O–H groups in total. The highest BCUT2D eigenvalue weighted by molar-refractivity contribution is 8.82. The standard InChI is InChI=1S/C25H31NO3S2.C21H27NOS.C18H29NOS2/c1-16-7-21(31-30-16)18-5-6-19(20(8-18)28-4)29-12-22(27)26-25-11-17-9-23(2,14-25)13-24(3,10-17)15-25;1-14(24)16-4-6-17(7-5-16)18(23)22-21-10-15-8-19(2,12-21)11-20(3,9-15)13-21;1-4-6-21-22-7-5-15(20)19-18-10-14-8-16(2,12-18)11-17(3,9-14)13-18/h5-8,17H,1,9-15H2,2-4H3,(H,26,27);4-7,15H,8-13H2,1-3H3,(H,22,23);4,14H,1,5-13H2,2-3H3,(H,19,20). The van der Waals surface area contributed by atoms with Crippen LogP contribution in [0.3, 0.4) is 0 Å². The zero-order valence-corrected chi connectivity index (χ0v) is 51.6. The normalized spacial score (nSPS) is 38.9. The molecule has 6 atom stereocenters. The van der Waals surface area contributed by atoms with E-state index in [1.54, 1.807) is 50.3 Å². The van der Waals surface area contributed by atoms with Gasteiger partial charge in [0.2, 0.25) is 5.91 Å². The first-order valence-corrected chi connectivity index (χ1v) is 33.8. The van der Waals surface area contributed by atoms with Crippen molar-refractivity contribution in [3.63, 3.8) is 0 Å². The summed E-state index contributed by atoms with van der Waals surface area (Å²) in [5, 5.41) is 10.4. The van der Waals surface area contributed by atoms with Crippen LogP contribution in [0.2, 0.25) is 0 Å². The van der Waals surface area contributed by atoms with Crippen LogP contribution >= 0.6 is 55.4 Å². The maximum absolute atomic E-state index is 12.9. The average molecular weight is 1140 g/mol. The Morgan fingerprint density at radius 3 is 1.53 bits per heavy atom. The van der Waals surface area contributed by atoms with E-state index >= 15 is 0 Å². The summed E-state index contributed by atoms with van der Waals surface area (Å²) in [4.78, 5) is 41.3. The van der Waals surface area contributed by atoms with Crippen LogP contribution in [0.25, 0.3) is 4.91 Å². The minimum atomic E-state index is -0.0520. The van der Waals surface area contributed by atoms with Crippen LogP contribution in [0.4, 0.5) is 0 Å². The SMILES string of the molecule is C=C1C=C(c2ccc(OCC(=O)NC34CC5CC(C)(CC(C)(C5)C3)C4)c(OC)c2)SS1.C=CCSSCCC(=O)NC12CC3CC(C)(CC(C)(C3)C1)C2.CC(=S)c1ccc(C(=O)NC23CC4CC(C)(CC(C)(C4)C2)C3)cc1. The zero-order valence-electron chi connectivity index (χ0n) is 47.5. The molecular formula is C64H87N3O5S5. The lowest BCUT2D eigenvalue weighted by Gasteiger charge is -2.65. The topological polar surface area (TPSA) is 106 Å². The number of hydrogen-bond donors (Lipinski definition) is 3. The van der Waals surface area contributed by atoms with Gasteiger partial charge in [0.25, 0.3) is 11.8 Å². The highest BCUT2D eigenvalue weighted by Gasteiger charge is 2.63. The van der Waals surface area contributed by atoms with E-state index in [2.05, 4.69) is 76.7 Å². The van der Waals surface area contributed by atoms with Gasteiger partial charge in [-0.25, -0.2) is 0 Å². The van der Waals surface area contributed by atoms with Crippen LogP contribution in [0.5, 0.6) is 11.5 Å². The zero-order chi connectivity index (χ0) is 54.9. The minimum absolute atomic E-state index is 0.0126. The Hall–Kier alpha value is -2.84. The molecule has 12 bridgehead atoms. The van der Waals surface area contributed by atoms with E-state index in [0.29, 0.717) is 50.4 Å². The van der Waals surface area contributed by atoms with Gasteiger partial charge in [-0.1, -0.05) is 122 Å². The smallest absolute Gasteiger partial charge is 0.258 e. The summed E-state index contributed by atoms with van der Waals surface area (Å²) >= 11 is 5.20. The molecule has 3 amide bonds. The summed E-state index contributed by atoms with van der Waals surface area (Å²) in [7, 11) is 8.55. The summed E-state index contributed by atoms with van der Waals surface area (Å²) in [6, 6.07) is 13.6. The van der Waals surface area contributed by atoms with Gasteiger partial charge in [0, 0.05) is 54.8 Å². The molecule has 8 nitrogen and oxygen atoms in total. The Morgan fingerprint density at radius 2 is 1.10 bits per heavy atom. The Morgan fingerprint density at radius 1 is 0.636 bits per heavy atom. The van der Waals surface area contributed by atoms with Crippen LogP contribution in [-0.4, -0.2) is 64.4 Å². The molecule has 2 aromatic rings. The molecule has 1 aliphatic heterocycles. The Kier molecular flexibility index (Phi) is 16.0. The molecule has 12 aliphatic carbocycles. The number of allylic oxidation sites excluding steroid dienone is 1. The van der Waals surface area contributed by atoms with Crippen molar-refractivity contribution < 1.29 is 23.9 Å². The number of benzene rings is 2. The van der Waals surface area contributed by atoms with Crippen LogP contribution in [0, 0.1) is 50.2 Å². The van der Waals surface area contributed by atoms with Gasteiger partial charge < -0.3 is 25.4 Å². The van der Waals surface area contributed by atoms with Crippen molar-refractivity contribution >= 4 is 82.9 Å². The molecule has 12 fully saturated rings. The van der Waals surface area contributed by atoms with Gasteiger partial charge in [0.1, 0.15) is 0 Å². The number of carbonyl (C=O) groups is 3. The molecule has 13 aliphatic rings. The number of rotatable bonds is 16. The third-order valence-electron chi connectivity index (χ3n) is 19.6. The Labute approximate surface area is 482 Å². The van der Waals surface area contributed by atoms with Crippen molar-refractivity contribution in [1.82, 2.24) is 16.0 Å². The van der Waals surface area contributed by atoms with Gasteiger partial charge in [-0.2, -0.15) is 0 Å². The van der Waals surface area contributed by atoms with Gasteiger partial charge in [-0.05, 0) is 220 Å². The second-order valence-electron chi connectivity index (χ2n) is 28.9. The number of amides is 3. The third-order valence-corrected chi connectivity index (χ3v) is 24.6. The number of thiocarbonyl (C=S) groups is 1. The van der Waals surface area contributed by atoms with Crippen LogP contribution < -0.4 is 25.4 Å². The fourth-order valence-corrected chi connectivity index (χ4v) is 24.3. The summed E-state index contributed by atoms with van der Waals surface area (Å²) in [5.41, 5.74) is 5.43. The number of nitrogens with one attached hydrogen (secondary N) is 3. The van der Waals surface area contributed by atoms with Crippen molar-refractivity contribution in [3.05, 3.63) is 89.4 Å². The molecule has 0 saturated heterocycles. The van der Waals surface area contributed by atoms with Crippen molar-refractivity contribution in [2.24, 2.45) is 50.2 Å². The van der Waals surface area contributed by atoms with E-state index in [1.807, 2.05) is 55.5 Å². The monoisotopic (exact) mass is 1140 g/mol. The molecule has 12 saturated carbocycles.